The first-order valence-corrected chi connectivity index (χ1v) is 12.6. The molecule has 2 N–H and O–H groups in total. The van der Waals surface area contributed by atoms with E-state index in [1.54, 1.807) is 29.1 Å². The molecule has 2 fully saturated rings. The van der Waals surface area contributed by atoms with Crippen molar-refractivity contribution in [3.05, 3.63) is 88.4 Å². The van der Waals surface area contributed by atoms with Crippen LogP contribution in [0.5, 0.6) is 0 Å². The van der Waals surface area contributed by atoms with Gasteiger partial charge in [-0.2, -0.15) is 0 Å². The van der Waals surface area contributed by atoms with Gasteiger partial charge in [-0.3, -0.25) is 19.5 Å². The van der Waals surface area contributed by atoms with Crippen molar-refractivity contribution in [2.45, 2.75) is 38.0 Å². The van der Waals surface area contributed by atoms with Gasteiger partial charge >= 0.3 is 0 Å². The van der Waals surface area contributed by atoms with Gasteiger partial charge in [-0.1, -0.05) is 12.1 Å². The van der Waals surface area contributed by atoms with Gasteiger partial charge in [0.1, 0.15) is 5.82 Å². The molecule has 1 amide bonds. The number of amides is 1. The number of hydrogen-bond donors (Lipinski definition) is 2. The molecule has 8 heteroatoms. The molecule has 186 valence electrons. The minimum atomic E-state index is -0.507. The van der Waals surface area contributed by atoms with Crippen LogP contribution in [0.2, 0.25) is 0 Å². The van der Waals surface area contributed by atoms with Crippen LogP contribution in [0.4, 0.5) is 4.39 Å². The number of nitrogens with zero attached hydrogens (tertiary/aromatic N) is 3. The Kier molecular flexibility index (Phi) is 5.93. The molecular formula is C28H29FN4O3. The number of hydrogen-bond acceptors (Lipinski definition) is 5. The zero-order valence-corrected chi connectivity index (χ0v) is 19.9. The van der Waals surface area contributed by atoms with Gasteiger partial charge < -0.3 is 15.0 Å². The average molecular weight is 489 g/mol. The minimum Gasteiger partial charge on any atom is -0.396 e. The van der Waals surface area contributed by atoms with Gasteiger partial charge in [0.25, 0.3) is 5.56 Å². The van der Waals surface area contributed by atoms with E-state index in [2.05, 4.69) is 15.2 Å². The summed E-state index contributed by atoms with van der Waals surface area (Å²) in [4.78, 5) is 33.6. The summed E-state index contributed by atoms with van der Waals surface area (Å²) in [6, 6.07) is 13.2. The number of aliphatic hydroxyl groups is 1. The summed E-state index contributed by atoms with van der Waals surface area (Å²) in [5, 5.41) is 13.4. The molecule has 2 aliphatic heterocycles. The quantitative estimate of drug-likeness (QED) is 0.534. The highest BCUT2D eigenvalue weighted by molar-refractivity contribution is 5.80. The Morgan fingerprint density at radius 1 is 1.14 bits per heavy atom. The van der Waals surface area contributed by atoms with Gasteiger partial charge in [0, 0.05) is 61.9 Å². The average Bonchev–Trinajstić information content (AvgIpc) is 3.68. The van der Waals surface area contributed by atoms with Crippen LogP contribution in [0.3, 0.4) is 0 Å². The SMILES string of the molecule is O=C(NCc1cccc(F)c1)[C@@H]1[C@@H](CO)[C@@H]2Cn3c(ccc(-c4ccncc4)c3=O)[C@H]1N2CC1CC1. The van der Waals surface area contributed by atoms with Gasteiger partial charge in [-0.15, -0.1) is 0 Å². The summed E-state index contributed by atoms with van der Waals surface area (Å²) in [6.45, 7) is 1.37. The highest BCUT2D eigenvalue weighted by atomic mass is 19.1. The van der Waals surface area contributed by atoms with Crippen molar-refractivity contribution in [1.29, 1.82) is 0 Å². The maximum atomic E-state index is 13.6. The smallest absolute Gasteiger partial charge is 0.258 e. The zero-order valence-electron chi connectivity index (χ0n) is 19.9. The summed E-state index contributed by atoms with van der Waals surface area (Å²) in [7, 11) is 0. The lowest BCUT2D eigenvalue weighted by Gasteiger charge is -2.38. The second kappa shape index (κ2) is 9.26. The maximum Gasteiger partial charge on any atom is 0.258 e. The van der Waals surface area contributed by atoms with Crippen LogP contribution in [0, 0.1) is 23.6 Å². The number of aliphatic hydroxyl groups excluding tert-OH is 1. The van der Waals surface area contributed by atoms with Crippen LogP contribution >= 0.6 is 0 Å². The van der Waals surface area contributed by atoms with Gasteiger partial charge in [0.05, 0.1) is 12.0 Å². The zero-order chi connectivity index (χ0) is 24.8. The normalized spacial score (nSPS) is 24.9. The van der Waals surface area contributed by atoms with E-state index in [4.69, 9.17) is 0 Å². The molecule has 4 heterocycles. The maximum absolute atomic E-state index is 13.6. The lowest BCUT2D eigenvalue weighted by atomic mass is 9.86. The second-order valence-electron chi connectivity index (χ2n) is 10.2. The number of fused-ring (bicyclic) bond motifs is 4. The Morgan fingerprint density at radius 3 is 2.67 bits per heavy atom. The van der Waals surface area contributed by atoms with Crippen molar-refractivity contribution in [3.63, 3.8) is 0 Å². The van der Waals surface area contributed by atoms with Gasteiger partial charge in [0.2, 0.25) is 5.91 Å². The van der Waals surface area contributed by atoms with Crippen LogP contribution in [-0.2, 0) is 17.9 Å². The molecule has 2 bridgehead atoms. The standard InChI is InChI=1S/C28H29FN4O3/c29-20-3-1-2-18(12-20)13-31-27(35)25-22(16-34)24-15-33-23(26(25)32(24)14-17-4-5-17)7-6-21(28(33)36)19-8-10-30-11-9-19/h1-3,6-12,17,22,24-26,34H,4-5,13-16H2,(H,31,35)/t22-,24-,25+,26+/m0/s1. The Bertz CT molecular complexity index is 1340. The molecule has 6 rings (SSSR count). The predicted molar refractivity (Wildman–Crippen MR) is 132 cm³/mol. The molecule has 0 spiro atoms. The molecule has 1 saturated heterocycles. The van der Waals surface area contributed by atoms with Crippen molar-refractivity contribution in [3.8, 4) is 11.1 Å². The van der Waals surface area contributed by atoms with Crippen LogP contribution in [0.25, 0.3) is 11.1 Å². The van der Waals surface area contributed by atoms with Crippen LogP contribution in [-0.4, -0.2) is 44.7 Å². The molecule has 1 saturated carbocycles. The first-order chi connectivity index (χ1) is 17.5. The highest BCUT2D eigenvalue weighted by Gasteiger charge is 2.56. The Balaban J connectivity index is 1.36. The number of nitrogens with one attached hydrogen (secondary N) is 1. The summed E-state index contributed by atoms with van der Waals surface area (Å²) < 4.78 is 15.4. The number of benzene rings is 1. The first kappa shape index (κ1) is 23.1. The van der Waals surface area contributed by atoms with E-state index in [0.29, 0.717) is 23.6 Å². The Hall–Kier alpha value is -3.36. The molecule has 1 aromatic carbocycles. The summed E-state index contributed by atoms with van der Waals surface area (Å²) in [5.74, 6) is -0.735. The molecule has 3 aromatic rings. The fourth-order valence-electron chi connectivity index (χ4n) is 6.08. The number of halogens is 1. The van der Waals surface area contributed by atoms with E-state index in [1.165, 1.54) is 25.0 Å². The van der Waals surface area contributed by atoms with Crippen LogP contribution in [0.15, 0.2) is 65.7 Å². The number of carbonyl (C=O) groups excluding carboxylic acids is 1. The van der Waals surface area contributed by atoms with Gasteiger partial charge in [-0.25, -0.2) is 4.39 Å². The molecule has 1 aliphatic carbocycles. The third-order valence-corrected chi connectivity index (χ3v) is 7.99. The predicted octanol–water partition coefficient (Wildman–Crippen LogP) is 2.74. The Labute approximate surface area is 208 Å². The molecule has 36 heavy (non-hydrogen) atoms. The fourth-order valence-corrected chi connectivity index (χ4v) is 6.08. The largest absolute Gasteiger partial charge is 0.396 e. The first-order valence-electron chi connectivity index (χ1n) is 12.6. The Morgan fingerprint density at radius 2 is 1.94 bits per heavy atom. The summed E-state index contributed by atoms with van der Waals surface area (Å²) in [5.41, 5.74) is 2.82. The van der Waals surface area contributed by atoms with E-state index < -0.39 is 5.92 Å². The fraction of sp³-hybridized carbons (Fsp3) is 0.393. The number of pyridine rings is 2. The van der Waals surface area contributed by atoms with E-state index in [0.717, 1.165) is 17.8 Å². The molecular weight excluding hydrogens is 459 g/mol. The van der Waals surface area contributed by atoms with Crippen LogP contribution < -0.4 is 10.9 Å². The van der Waals surface area contributed by atoms with E-state index in [-0.39, 0.29) is 48.4 Å². The van der Waals surface area contributed by atoms with E-state index in [9.17, 15) is 19.1 Å². The topological polar surface area (TPSA) is 87.5 Å². The highest BCUT2D eigenvalue weighted by Crippen LogP contribution is 2.50. The number of rotatable bonds is 7. The minimum absolute atomic E-state index is 0.0859. The molecule has 3 aliphatic rings. The third kappa shape index (κ3) is 4.04. The summed E-state index contributed by atoms with van der Waals surface area (Å²) >= 11 is 0. The van der Waals surface area contributed by atoms with Crippen LogP contribution in [0.1, 0.15) is 30.1 Å². The van der Waals surface area contributed by atoms with E-state index >= 15 is 0 Å². The number of aromatic nitrogens is 2. The third-order valence-electron chi connectivity index (χ3n) is 7.99. The van der Waals surface area contributed by atoms with Crippen molar-refractivity contribution >= 4 is 5.91 Å². The van der Waals surface area contributed by atoms with Crippen molar-refractivity contribution in [1.82, 2.24) is 19.8 Å². The number of carbonyl (C=O) groups is 1. The molecule has 7 nitrogen and oxygen atoms in total. The lowest BCUT2D eigenvalue weighted by molar-refractivity contribution is -0.127. The second-order valence-corrected chi connectivity index (χ2v) is 10.2. The van der Waals surface area contributed by atoms with E-state index in [1.807, 2.05) is 24.3 Å². The monoisotopic (exact) mass is 488 g/mol. The summed E-state index contributed by atoms with van der Waals surface area (Å²) in [6.07, 6.45) is 5.68. The van der Waals surface area contributed by atoms with Crippen molar-refractivity contribution in [2.75, 3.05) is 13.2 Å². The van der Waals surface area contributed by atoms with Gasteiger partial charge in [-0.05, 0) is 66.3 Å². The molecule has 0 unspecified atom stereocenters. The van der Waals surface area contributed by atoms with Crippen molar-refractivity contribution < 1.29 is 14.3 Å². The molecule has 0 radical (unpaired) electrons. The van der Waals surface area contributed by atoms with Gasteiger partial charge in [0.15, 0.2) is 0 Å². The molecule has 4 atom stereocenters. The molecule has 2 aromatic heterocycles. The lowest BCUT2D eigenvalue weighted by Crippen LogP contribution is -2.47. The van der Waals surface area contributed by atoms with Crippen molar-refractivity contribution in [2.24, 2.45) is 17.8 Å².